The molecule has 1 unspecified atom stereocenters. The van der Waals surface area contributed by atoms with E-state index in [4.69, 9.17) is 27.9 Å². The highest BCUT2D eigenvalue weighted by Crippen LogP contribution is 2.37. The van der Waals surface area contributed by atoms with E-state index in [-0.39, 0.29) is 10.8 Å². The third-order valence-electron chi connectivity index (χ3n) is 3.82. The number of carboxylic acids is 1. The van der Waals surface area contributed by atoms with Gasteiger partial charge in [0.05, 0.1) is 10.0 Å². The van der Waals surface area contributed by atoms with Crippen LogP contribution < -0.4 is 4.74 Å². The molecule has 4 nitrogen and oxygen atoms in total. The van der Waals surface area contributed by atoms with Crippen molar-refractivity contribution in [2.75, 3.05) is 0 Å². The Balaban J connectivity index is 1.88. The van der Waals surface area contributed by atoms with Gasteiger partial charge in [0.25, 0.3) is 0 Å². The van der Waals surface area contributed by atoms with E-state index in [9.17, 15) is 9.90 Å². The van der Waals surface area contributed by atoms with Crippen LogP contribution in [0.1, 0.15) is 12.0 Å². The number of aromatic nitrogens is 1. The molecule has 6 heteroatoms. The number of rotatable bonds is 6. The summed E-state index contributed by atoms with van der Waals surface area (Å²) in [6.07, 6.45) is 1.44. The normalized spacial score (nSPS) is 12.1. The van der Waals surface area contributed by atoms with E-state index < -0.39 is 12.1 Å². The minimum absolute atomic E-state index is 0.238. The van der Waals surface area contributed by atoms with Crippen LogP contribution in [0, 0.1) is 0 Å². The van der Waals surface area contributed by atoms with Crippen molar-refractivity contribution >= 4 is 40.1 Å². The second-order valence-corrected chi connectivity index (χ2v) is 6.35. The van der Waals surface area contributed by atoms with Crippen LogP contribution in [-0.2, 0) is 11.2 Å². The summed E-state index contributed by atoms with van der Waals surface area (Å²) in [5, 5.41) is 10.9. The van der Waals surface area contributed by atoms with Crippen LogP contribution in [0.5, 0.6) is 5.75 Å². The van der Waals surface area contributed by atoms with Gasteiger partial charge in [0.1, 0.15) is 5.52 Å². The van der Waals surface area contributed by atoms with Crippen molar-refractivity contribution in [1.82, 2.24) is 4.98 Å². The zero-order chi connectivity index (χ0) is 17.8. The maximum Gasteiger partial charge on any atom is 0.344 e. The van der Waals surface area contributed by atoms with Crippen LogP contribution in [-0.4, -0.2) is 22.2 Å². The second-order valence-electron chi connectivity index (χ2n) is 5.54. The summed E-state index contributed by atoms with van der Waals surface area (Å²) in [4.78, 5) is 15.9. The molecule has 0 saturated heterocycles. The molecule has 3 rings (SSSR count). The lowest BCUT2D eigenvalue weighted by atomic mass is 10.1. The number of benzene rings is 2. The minimum atomic E-state index is -1.05. The Bertz CT molecular complexity index is 900. The van der Waals surface area contributed by atoms with Gasteiger partial charge in [-0.15, -0.1) is 0 Å². The van der Waals surface area contributed by atoms with E-state index in [2.05, 4.69) is 4.98 Å². The van der Waals surface area contributed by atoms with Gasteiger partial charge in [-0.05, 0) is 36.6 Å². The molecule has 2 aromatic carbocycles. The average molecular weight is 376 g/mol. The van der Waals surface area contributed by atoms with Crippen molar-refractivity contribution < 1.29 is 14.6 Å². The van der Waals surface area contributed by atoms with Crippen molar-refractivity contribution in [1.29, 1.82) is 0 Å². The molecule has 3 aromatic rings. The van der Waals surface area contributed by atoms with E-state index in [1.165, 1.54) is 0 Å². The van der Waals surface area contributed by atoms with Crippen LogP contribution in [0.25, 0.3) is 10.9 Å². The third kappa shape index (κ3) is 4.03. The molecule has 0 aliphatic heterocycles. The minimum Gasteiger partial charge on any atom is -0.479 e. The second kappa shape index (κ2) is 7.72. The Morgan fingerprint density at radius 2 is 1.88 bits per heavy atom. The Morgan fingerprint density at radius 1 is 1.12 bits per heavy atom. The Hall–Kier alpha value is -2.30. The largest absolute Gasteiger partial charge is 0.479 e. The first kappa shape index (κ1) is 17.5. The molecular formula is C19H15Cl2NO3. The van der Waals surface area contributed by atoms with Crippen LogP contribution >= 0.6 is 23.2 Å². The highest BCUT2D eigenvalue weighted by Gasteiger charge is 2.23. The number of aliphatic carboxylic acids is 1. The molecule has 0 radical (unpaired) electrons. The molecule has 0 amide bonds. The number of hydrogen-bond donors (Lipinski definition) is 1. The van der Waals surface area contributed by atoms with Crippen LogP contribution in [0.4, 0.5) is 0 Å². The van der Waals surface area contributed by atoms with Crippen molar-refractivity contribution in [3.8, 4) is 5.75 Å². The number of carbonyl (C=O) groups is 1. The fraction of sp³-hybridized carbons (Fsp3) is 0.158. The van der Waals surface area contributed by atoms with E-state index in [0.717, 1.165) is 5.56 Å². The molecule has 1 aromatic heterocycles. The molecule has 1 N–H and O–H groups in total. The van der Waals surface area contributed by atoms with Gasteiger partial charge in [-0.25, -0.2) is 4.79 Å². The van der Waals surface area contributed by atoms with Gasteiger partial charge in [0, 0.05) is 11.6 Å². The number of carboxylic acid groups (broad SMARTS) is 1. The first-order valence-electron chi connectivity index (χ1n) is 7.72. The lowest BCUT2D eigenvalue weighted by Gasteiger charge is -2.18. The predicted molar refractivity (Wildman–Crippen MR) is 98.6 cm³/mol. The van der Waals surface area contributed by atoms with Gasteiger partial charge in [-0.2, -0.15) is 0 Å². The van der Waals surface area contributed by atoms with Crippen molar-refractivity contribution in [2.24, 2.45) is 0 Å². The zero-order valence-corrected chi connectivity index (χ0v) is 14.7. The number of pyridine rings is 1. The van der Waals surface area contributed by atoms with Gasteiger partial charge < -0.3 is 9.84 Å². The highest BCUT2D eigenvalue weighted by molar-refractivity contribution is 6.39. The van der Waals surface area contributed by atoms with E-state index in [1.807, 2.05) is 30.3 Å². The van der Waals surface area contributed by atoms with Crippen LogP contribution in [0.15, 0.2) is 54.7 Å². The van der Waals surface area contributed by atoms with Gasteiger partial charge >= 0.3 is 5.97 Å². The van der Waals surface area contributed by atoms with Crippen molar-refractivity contribution in [2.45, 2.75) is 18.9 Å². The zero-order valence-electron chi connectivity index (χ0n) is 13.2. The fourth-order valence-corrected chi connectivity index (χ4v) is 3.14. The lowest BCUT2D eigenvalue weighted by molar-refractivity contribution is -0.145. The summed E-state index contributed by atoms with van der Waals surface area (Å²) in [5.74, 6) is -0.812. The molecule has 0 aliphatic rings. The Kier molecular flexibility index (Phi) is 5.41. The summed E-state index contributed by atoms with van der Waals surface area (Å²) < 4.78 is 5.74. The third-order valence-corrected chi connectivity index (χ3v) is 4.42. The summed E-state index contributed by atoms with van der Waals surface area (Å²) in [6, 6.07) is 14.7. The summed E-state index contributed by atoms with van der Waals surface area (Å²) in [5.41, 5.74) is 1.49. The SMILES string of the molecule is O=C(O)C(CCc1ccccc1)Oc1c(Cl)cc(Cl)c2cccnc12. The number of ether oxygens (including phenoxy) is 1. The number of fused-ring (bicyclic) bond motifs is 1. The van der Waals surface area contributed by atoms with Gasteiger partial charge in [-0.3, -0.25) is 4.98 Å². The molecule has 0 saturated carbocycles. The maximum absolute atomic E-state index is 11.6. The molecule has 128 valence electrons. The highest BCUT2D eigenvalue weighted by atomic mass is 35.5. The standard InChI is InChI=1S/C19H15Cl2NO3/c20-14-11-15(21)18(17-13(14)7-4-10-22-17)25-16(19(23)24)9-8-12-5-2-1-3-6-12/h1-7,10-11,16H,8-9H2,(H,23,24). The van der Waals surface area contributed by atoms with Gasteiger partial charge in [0.2, 0.25) is 0 Å². The summed E-state index contributed by atoms with van der Waals surface area (Å²) in [7, 11) is 0. The molecule has 0 aliphatic carbocycles. The van der Waals surface area contributed by atoms with Crippen LogP contribution in [0.2, 0.25) is 10.0 Å². The first-order chi connectivity index (χ1) is 12.1. The van der Waals surface area contributed by atoms with Crippen molar-refractivity contribution in [3.05, 3.63) is 70.3 Å². The summed E-state index contributed by atoms with van der Waals surface area (Å²) >= 11 is 12.4. The average Bonchev–Trinajstić information content (AvgIpc) is 2.61. The van der Waals surface area contributed by atoms with E-state index in [0.29, 0.717) is 28.8 Å². The van der Waals surface area contributed by atoms with Gasteiger partial charge in [0.15, 0.2) is 11.9 Å². The molecule has 0 fully saturated rings. The number of hydrogen-bond acceptors (Lipinski definition) is 3. The number of aryl methyl sites for hydroxylation is 1. The quantitative estimate of drug-likeness (QED) is 0.657. The number of halogens is 2. The van der Waals surface area contributed by atoms with E-state index in [1.54, 1.807) is 24.4 Å². The molecule has 0 spiro atoms. The smallest absolute Gasteiger partial charge is 0.344 e. The Labute approximate surface area is 155 Å². The summed E-state index contributed by atoms with van der Waals surface area (Å²) in [6.45, 7) is 0. The molecule has 1 heterocycles. The lowest BCUT2D eigenvalue weighted by Crippen LogP contribution is -2.28. The van der Waals surface area contributed by atoms with E-state index >= 15 is 0 Å². The van der Waals surface area contributed by atoms with Crippen molar-refractivity contribution in [3.63, 3.8) is 0 Å². The monoisotopic (exact) mass is 375 g/mol. The Morgan fingerprint density at radius 3 is 2.60 bits per heavy atom. The molecule has 1 atom stereocenters. The van der Waals surface area contributed by atoms with Crippen LogP contribution in [0.3, 0.4) is 0 Å². The molecule has 0 bridgehead atoms. The molecular weight excluding hydrogens is 361 g/mol. The van der Waals surface area contributed by atoms with Gasteiger partial charge in [-0.1, -0.05) is 53.5 Å². The number of nitrogens with zero attached hydrogens (tertiary/aromatic N) is 1. The fourth-order valence-electron chi connectivity index (χ4n) is 2.58. The first-order valence-corrected chi connectivity index (χ1v) is 8.48. The topological polar surface area (TPSA) is 59.4 Å². The maximum atomic E-state index is 11.6. The molecule has 25 heavy (non-hydrogen) atoms. The predicted octanol–water partition coefficient (Wildman–Crippen LogP) is 5.01.